The van der Waals surface area contributed by atoms with Gasteiger partial charge in [0.05, 0.1) is 10.5 Å². The number of nitrogens with one attached hydrogen (secondary N) is 1. The van der Waals surface area contributed by atoms with Crippen molar-refractivity contribution in [1.29, 1.82) is 0 Å². The molecule has 1 rings (SSSR count). The van der Waals surface area contributed by atoms with Crippen LogP contribution in [0.5, 0.6) is 0 Å². The first-order valence-electron chi connectivity index (χ1n) is 6.07. The second-order valence-corrected chi connectivity index (χ2v) is 4.86. The highest BCUT2D eigenvalue weighted by Crippen LogP contribution is 2.23. The van der Waals surface area contributed by atoms with E-state index in [0.29, 0.717) is 18.7 Å². The Morgan fingerprint density at radius 2 is 2.17 bits per heavy atom. The average Bonchev–Trinajstić information content (AvgIpc) is 2.27. The number of non-ortho nitro benzene ring substituents is 1. The lowest BCUT2D eigenvalue weighted by Gasteiger charge is -2.24. The van der Waals surface area contributed by atoms with E-state index in [4.69, 9.17) is 0 Å². The summed E-state index contributed by atoms with van der Waals surface area (Å²) in [5, 5.41) is 23.8. The molecule has 5 heteroatoms. The molecule has 100 valence electrons. The summed E-state index contributed by atoms with van der Waals surface area (Å²) in [6, 6.07) is 4.68. The molecule has 1 atom stereocenters. The van der Waals surface area contributed by atoms with Gasteiger partial charge in [0.25, 0.3) is 5.69 Å². The Hall–Kier alpha value is -1.62. The van der Waals surface area contributed by atoms with Gasteiger partial charge in [0.2, 0.25) is 0 Å². The quantitative estimate of drug-likeness (QED) is 0.603. The predicted octanol–water partition coefficient (Wildman–Crippen LogP) is 2.87. The van der Waals surface area contributed by atoms with Crippen LogP contribution in [0.4, 0.5) is 11.4 Å². The van der Waals surface area contributed by atoms with E-state index in [1.165, 1.54) is 12.1 Å². The SMILES string of the molecule is CCCC(C)(O)CNc1cc([N+](=O)[O-])ccc1C. The van der Waals surface area contributed by atoms with Gasteiger partial charge in [0.1, 0.15) is 0 Å². The Bertz CT molecular complexity index is 430. The third-order valence-electron chi connectivity index (χ3n) is 2.88. The fraction of sp³-hybridized carbons (Fsp3) is 0.538. The van der Waals surface area contributed by atoms with Crippen molar-refractivity contribution >= 4 is 11.4 Å². The van der Waals surface area contributed by atoms with E-state index in [2.05, 4.69) is 5.32 Å². The molecule has 0 aliphatic rings. The van der Waals surface area contributed by atoms with Crippen molar-refractivity contribution in [3.8, 4) is 0 Å². The standard InChI is InChI=1S/C13H20N2O3/c1-4-7-13(3,16)9-14-12-8-11(15(17)18)6-5-10(12)2/h5-6,8,14,16H,4,7,9H2,1-3H3. The molecule has 0 radical (unpaired) electrons. The lowest BCUT2D eigenvalue weighted by Crippen LogP contribution is -2.33. The van der Waals surface area contributed by atoms with E-state index in [-0.39, 0.29) is 5.69 Å². The Balaban J connectivity index is 2.78. The smallest absolute Gasteiger partial charge is 0.271 e. The second-order valence-electron chi connectivity index (χ2n) is 4.86. The van der Waals surface area contributed by atoms with Crippen molar-refractivity contribution in [2.24, 2.45) is 0 Å². The van der Waals surface area contributed by atoms with Crippen molar-refractivity contribution < 1.29 is 10.0 Å². The van der Waals surface area contributed by atoms with Crippen LogP contribution in [0.3, 0.4) is 0 Å². The van der Waals surface area contributed by atoms with Crippen LogP contribution in [-0.2, 0) is 0 Å². The van der Waals surface area contributed by atoms with Gasteiger partial charge in [-0.25, -0.2) is 0 Å². The molecule has 2 N–H and O–H groups in total. The maximum absolute atomic E-state index is 10.7. The van der Waals surface area contributed by atoms with Gasteiger partial charge in [-0.1, -0.05) is 19.4 Å². The number of hydrogen-bond acceptors (Lipinski definition) is 4. The summed E-state index contributed by atoms with van der Waals surface area (Å²) in [4.78, 5) is 10.3. The number of aliphatic hydroxyl groups is 1. The molecule has 0 spiro atoms. The summed E-state index contributed by atoms with van der Waals surface area (Å²) in [6.45, 7) is 6.02. The van der Waals surface area contributed by atoms with Crippen molar-refractivity contribution in [2.45, 2.75) is 39.2 Å². The fourth-order valence-corrected chi connectivity index (χ4v) is 1.83. The maximum atomic E-state index is 10.7. The van der Waals surface area contributed by atoms with Gasteiger partial charge in [0.15, 0.2) is 0 Å². The number of rotatable bonds is 6. The zero-order chi connectivity index (χ0) is 13.8. The number of nitrogens with zero attached hydrogens (tertiary/aromatic N) is 1. The zero-order valence-corrected chi connectivity index (χ0v) is 11.1. The minimum Gasteiger partial charge on any atom is -0.388 e. The van der Waals surface area contributed by atoms with Gasteiger partial charge < -0.3 is 10.4 Å². The predicted molar refractivity (Wildman–Crippen MR) is 71.9 cm³/mol. The molecule has 1 aromatic carbocycles. The number of anilines is 1. The molecular weight excluding hydrogens is 232 g/mol. The van der Waals surface area contributed by atoms with Gasteiger partial charge in [-0.15, -0.1) is 0 Å². The topological polar surface area (TPSA) is 75.4 Å². The van der Waals surface area contributed by atoms with Crippen LogP contribution in [-0.4, -0.2) is 22.2 Å². The fourth-order valence-electron chi connectivity index (χ4n) is 1.83. The number of nitro groups is 1. The van der Waals surface area contributed by atoms with Gasteiger partial charge in [-0.3, -0.25) is 10.1 Å². The van der Waals surface area contributed by atoms with Crippen LogP contribution in [0, 0.1) is 17.0 Å². The molecule has 0 saturated carbocycles. The van der Waals surface area contributed by atoms with E-state index in [9.17, 15) is 15.2 Å². The Morgan fingerprint density at radius 1 is 1.50 bits per heavy atom. The molecule has 1 unspecified atom stereocenters. The third kappa shape index (κ3) is 4.00. The Morgan fingerprint density at radius 3 is 2.72 bits per heavy atom. The van der Waals surface area contributed by atoms with Crippen LogP contribution >= 0.6 is 0 Å². The van der Waals surface area contributed by atoms with Crippen LogP contribution in [0.25, 0.3) is 0 Å². The van der Waals surface area contributed by atoms with Crippen molar-refractivity contribution in [3.05, 3.63) is 33.9 Å². The number of aryl methyl sites for hydroxylation is 1. The highest BCUT2D eigenvalue weighted by atomic mass is 16.6. The van der Waals surface area contributed by atoms with Gasteiger partial charge in [-0.2, -0.15) is 0 Å². The lowest BCUT2D eigenvalue weighted by molar-refractivity contribution is -0.384. The Labute approximate surface area is 107 Å². The third-order valence-corrected chi connectivity index (χ3v) is 2.88. The normalized spacial score (nSPS) is 14.0. The minimum absolute atomic E-state index is 0.0539. The molecule has 0 fully saturated rings. The first-order chi connectivity index (χ1) is 8.35. The summed E-state index contributed by atoms with van der Waals surface area (Å²) in [5.41, 5.74) is 0.873. The van der Waals surface area contributed by atoms with Crippen molar-refractivity contribution in [2.75, 3.05) is 11.9 Å². The molecule has 1 aromatic rings. The number of hydrogen-bond donors (Lipinski definition) is 2. The van der Waals surface area contributed by atoms with Crippen LogP contribution in [0.1, 0.15) is 32.3 Å². The molecule has 5 nitrogen and oxygen atoms in total. The van der Waals surface area contributed by atoms with Crippen LogP contribution < -0.4 is 5.32 Å². The average molecular weight is 252 g/mol. The summed E-state index contributed by atoms with van der Waals surface area (Å²) >= 11 is 0. The summed E-state index contributed by atoms with van der Waals surface area (Å²) in [7, 11) is 0. The number of nitro benzene ring substituents is 1. The molecule has 0 bridgehead atoms. The molecular formula is C13H20N2O3. The van der Waals surface area contributed by atoms with Crippen molar-refractivity contribution in [1.82, 2.24) is 0 Å². The van der Waals surface area contributed by atoms with E-state index in [1.54, 1.807) is 13.0 Å². The van der Waals surface area contributed by atoms with Crippen molar-refractivity contribution in [3.63, 3.8) is 0 Å². The molecule has 0 aliphatic heterocycles. The van der Waals surface area contributed by atoms with Gasteiger partial charge in [-0.05, 0) is 25.8 Å². The van der Waals surface area contributed by atoms with E-state index in [0.717, 1.165) is 12.0 Å². The summed E-state index contributed by atoms with van der Waals surface area (Å²) in [6.07, 6.45) is 1.58. The number of benzene rings is 1. The zero-order valence-electron chi connectivity index (χ0n) is 11.1. The molecule has 0 aromatic heterocycles. The molecule has 0 saturated heterocycles. The minimum atomic E-state index is -0.800. The highest BCUT2D eigenvalue weighted by Gasteiger charge is 2.19. The van der Waals surface area contributed by atoms with Crippen LogP contribution in [0.2, 0.25) is 0 Å². The molecule has 18 heavy (non-hydrogen) atoms. The van der Waals surface area contributed by atoms with E-state index in [1.807, 2.05) is 13.8 Å². The summed E-state index contributed by atoms with van der Waals surface area (Å²) in [5.74, 6) is 0. The van der Waals surface area contributed by atoms with E-state index < -0.39 is 10.5 Å². The molecule has 0 aliphatic carbocycles. The maximum Gasteiger partial charge on any atom is 0.271 e. The Kier molecular flexibility index (Phi) is 4.67. The second kappa shape index (κ2) is 5.82. The molecule has 0 amide bonds. The largest absolute Gasteiger partial charge is 0.388 e. The van der Waals surface area contributed by atoms with Gasteiger partial charge >= 0.3 is 0 Å². The highest BCUT2D eigenvalue weighted by molar-refractivity contribution is 5.56. The monoisotopic (exact) mass is 252 g/mol. The molecule has 0 heterocycles. The van der Waals surface area contributed by atoms with Gasteiger partial charge in [0, 0.05) is 24.4 Å². The summed E-state index contributed by atoms with van der Waals surface area (Å²) < 4.78 is 0. The van der Waals surface area contributed by atoms with E-state index >= 15 is 0 Å². The van der Waals surface area contributed by atoms with Crippen LogP contribution in [0.15, 0.2) is 18.2 Å². The lowest BCUT2D eigenvalue weighted by atomic mass is 10.0. The first-order valence-corrected chi connectivity index (χ1v) is 6.07. The first kappa shape index (κ1) is 14.4.